The predicted octanol–water partition coefficient (Wildman–Crippen LogP) is 5.56. The molecule has 0 unspecified atom stereocenters. The minimum atomic E-state index is 0.652. The second-order valence-corrected chi connectivity index (χ2v) is 10.1. The van der Waals surface area contributed by atoms with Gasteiger partial charge in [0.05, 0.1) is 11.0 Å². The van der Waals surface area contributed by atoms with Crippen molar-refractivity contribution in [3.05, 3.63) is 86.7 Å². The van der Waals surface area contributed by atoms with Crippen LogP contribution in [0.25, 0.3) is 35.2 Å². The summed E-state index contributed by atoms with van der Waals surface area (Å²) >= 11 is 1.75. The summed E-state index contributed by atoms with van der Waals surface area (Å²) in [5.41, 5.74) is 7.66. The van der Waals surface area contributed by atoms with Crippen molar-refractivity contribution < 1.29 is 0 Å². The maximum atomic E-state index is 4.60. The summed E-state index contributed by atoms with van der Waals surface area (Å²) < 4.78 is 0. The maximum Gasteiger partial charge on any atom is 0.116 e. The number of piperidine rings is 1. The van der Waals surface area contributed by atoms with Crippen molar-refractivity contribution in [2.45, 2.75) is 33.6 Å². The second-order valence-electron chi connectivity index (χ2n) is 9.05. The molecule has 3 aromatic rings. The zero-order valence-corrected chi connectivity index (χ0v) is 21.2. The number of rotatable bonds is 7. The lowest BCUT2D eigenvalue weighted by Gasteiger charge is -2.23. The van der Waals surface area contributed by atoms with Crippen LogP contribution in [0.3, 0.4) is 0 Å². The van der Waals surface area contributed by atoms with Gasteiger partial charge in [0.15, 0.2) is 0 Å². The molecule has 1 aliphatic heterocycles. The second kappa shape index (κ2) is 10.4. The Bertz CT molecular complexity index is 1370. The third-order valence-electron chi connectivity index (χ3n) is 6.53. The van der Waals surface area contributed by atoms with Gasteiger partial charge in [-0.25, -0.2) is 0 Å². The van der Waals surface area contributed by atoms with E-state index in [1.807, 2.05) is 13.0 Å². The number of aromatic amines is 2. The Labute approximate surface area is 206 Å². The van der Waals surface area contributed by atoms with Crippen molar-refractivity contribution >= 4 is 35.1 Å². The summed E-state index contributed by atoms with van der Waals surface area (Å²) in [5.74, 6) is 0.652. The molecule has 176 valence electrons. The maximum absolute atomic E-state index is 4.60. The lowest BCUT2D eigenvalue weighted by Crippen LogP contribution is -2.28. The number of aromatic nitrogens is 3. The molecule has 4 nitrogen and oxygen atoms in total. The lowest BCUT2D eigenvalue weighted by atomic mass is 9.91. The number of allylic oxidation sites excluding steroid dienone is 5. The molecule has 0 aromatic carbocycles. The van der Waals surface area contributed by atoms with Crippen LogP contribution in [-0.4, -0.2) is 28.3 Å². The zero-order valence-electron chi connectivity index (χ0n) is 20.4. The van der Waals surface area contributed by atoms with E-state index in [4.69, 9.17) is 0 Å². The minimum Gasteiger partial charge on any atom is -0.357 e. The lowest BCUT2D eigenvalue weighted by molar-refractivity contribution is 0.420. The van der Waals surface area contributed by atoms with Crippen LogP contribution in [0.5, 0.6) is 0 Å². The van der Waals surface area contributed by atoms with Gasteiger partial charge in [0.1, 0.15) is 5.69 Å². The quantitative estimate of drug-likeness (QED) is 0.396. The third kappa shape index (κ3) is 5.01. The Morgan fingerprint density at radius 3 is 2.56 bits per heavy atom. The van der Waals surface area contributed by atoms with Crippen LogP contribution in [0, 0.1) is 12.8 Å². The van der Waals surface area contributed by atoms with Crippen LogP contribution < -0.4 is 15.9 Å². The van der Waals surface area contributed by atoms with Gasteiger partial charge >= 0.3 is 0 Å². The highest BCUT2D eigenvalue weighted by Crippen LogP contribution is 2.35. The molecule has 0 atom stereocenters. The van der Waals surface area contributed by atoms with Gasteiger partial charge in [0, 0.05) is 31.8 Å². The predicted molar refractivity (Wildman–Crippen MR) is 148 cm³/mol. The number of aryl methyl sites for hydroxylation is 1. The van der Waals surface area contributed by atoms with Crippen molar-refractivity contribution in [2.24, 2.45) is 5.92 Å². The highest BCUT2D eigenvalue weighted by molar-refractivity contribution is 7.14. The van der Waals surface area contributed by atoms with E-state index in [0.29, 0.717) is 5.92 Å². The van der Waals surface area contributed by atoms with Gasteiger partial charge in [-0.15, -0.1) is 11.3 Å². The number of hydrogen-bond acceptors (Lipinski definition) is 3. The molecule has 0 amide bonds. The number of hydrogen-bond donors (Lipinski definition) is 3. The molecule has 1 saturated heterocycles. The summed E-state index contributed by atoms with van der Waals surface area (Å²) in [4.78, 5) is 5.91. The van der Waals surface area contributed by atoms with Crippen LogP contribution in [-0.2, 0) is 0 Å². The Morgan fingerprint density at radius 2 is 1.88 bits per heavy atom. The summed E-state index contributed by atoms with van der Waals surface area (Å²) in [6, 6.07) is 6.45. The first kappa shape index (κ1) is 24.0. The largest absolute Gasteiger partial charge is 0.357 e. The number of nitrogens with zero attached hydrogens (tertiary/aromatic N) is 1. The van der Waals surface area contributed by atoms with E-state index in [1.165, 1.54) is 28.2 Å². The summed E-state index contributed by atoms with van der Waals surface area (Å²) in [5, 5.41) is 13.1. The Hall–Kier alpha value is -3.15. The van der Waals surface area contributed by atoms with Crippen LogP contribution in [0.4, 0.5) is 0 Å². The van der Waals surface area contributed by atoms with Crippen LogP contribution in [0.1, 0.15) is 47.7 Å². The number of nitrogens with one attached hydrogen (secondary N) is 3. The van der Waals surface area contributed by atoms with Gasteiger partial charge in [-0.1, -0.05) is 43.5 Å². The van der Waals surface area contributed by atoms with E-state index in [9.17, 15) is 0 Å². The van der Waals surface area contributed by atoms with Gasteiger partial charge in [-0.05, 0) is 82.5 Å². The average molecular weight is 471 g/mol. The van der Waals surface area contributed by atoms with Crippen LogP contribution in [0.15, 0.2) is 55.2 Å². The molecule has 0 aliphatic carbocycles. The van der Waals surface area contributed by atoms with E-state index in [2.05, 4.69) is 90.5 Å². The normalized spacial score (nSPS) is 16.3. The smallest absolute Gasteiger partial charge is 0.116 e. The molecule has 4 heterocycles. The molecule has 0 saturated carbocycles. The van der Waals surface area contributed by atoms with Crippen molar-refractivity contribution in [1.29, 1.82) is 0 Å². The van der Waals surface area contributed by atoms with Crippen molar-refractivity contribution in [1.82, 2.24) is 20.5 Å². The summed E-state index contributed by atoms with van der Waals surface area (Å²) in [7, 11) is 0. The van der Waals surface area contributed by atoms with E-state index < -0.39 is 0 Å². The zero-order chi connectivity index (χ0) is 24.2. The fourth-order valence-electron chi connectivity index (χ4n) is 4.47. The first-order valence-corrected chi connectivity index (χ1v) is 12.6. The molecular formula is C29H34N4S. The Balaban J connectivity index is 1.66. The molecule has 4 rings (SSSR count). The fourth-order valence-corrected chi connectivity index (χ4v) is 5.44. The molecule has 0 spiro atoms. The molecule has 1 fully saturated rings. The first-order chi connectivity index (χ1) is 16.4. The van der Waals surface area contributed by atoms with Crippen LogP contribution >= 0.6 is 11.3 Å². The molecule has 5 heteroatoms. The van der Waals surface area contributed by atoms with Crippen molar-refractivity contribution in [3.8, 4) is 11.4 Å². The van der Waals surface area contributed by atoms with E-state index >= 15 is 0 Å². The fraction of sp³-hybridized carbons (Fsp3) is 0.276. The van der Waals surface area contributed by atoms with Crippen LogP contribution in [0.2, 0.25) is 0 Å². The SMILES string of the molecule is C=C/C=C(/c1ccc(C(=C)C)s1)c1cc(-c2n[nH]/c(=C/C=C(\C)C3CCNCC3)c2=C)[nH]c1C. The first-order valence-electron chi connectivity index (χ1n) is 11.8. The topological polar surface area (TPSA) is 56.5 Å². The molecule has 3 aromatic heterocycles. The molecule has 3 N–H and O–H groups in total. The third-order valence-corrected chi connectivity index (χ3v) is 7.81. The number of H-pyrrole nitrogens is 2. The van der Waals surface area contributed by atoms with Gasteiger partial charge in [0.25, 0.3) is 0 Å². The van der Waals surface area contributed by atoms with E-state index in [0.717, 1.165) is 57.4 Å². The van der Waals surface area contributed by atoms with Gasteiger partial charge in [-0.3, -0.25) is 5.10 Å². The molecule has 0 radical (unpaired) electrons. The average Bonchev–Trinajstić information content (AvgIpc) is 3.55. The van der Waals surface area contributed by atoms with Gasteiger partial charge in [-0.2, -0.15) is 5.10 Å². The minimum absolute atomic E-state index is 0.652. The standard InChI is InChI=1S/C29H34N4S/c1-7-8-23(28-12-11-27(34-28)18(2)3)24-17-26(31-21(24)6)29-20(5)25(32-33-29)10-9-19(4)22-13-15-30-16-14-22/h7-12,17,22,30-32H,1-2,5,13-16H2,3-4,6H3/b19-9+,23-8+,25-10+. The highest BCUT2D eigenvalue weighted by atomic mass is 32.1. The monoisotopic (exact) mass is 470 g/mol. The molecule has 34 heavy (non-hydrogen) atoms. The van der Waals surface area contributed by atoms with Gasteiger partial charge < -0.3 is 10.3 Å². The van der Waals surface area contributed by atoms with E-state index in [-0.39, 0.29) is 0 Å². The van der Waals surface area contributed by atoms with Crippen molar-refractivity contribution in [2.75, 3.05) is 13.1 Å². The summed E-state index contributed by atoms with van der Waals surface area (Å²) in [6.45, 7) is 20.9. The van der Waals surface area contributed by atoms with E-state index in [1.54, 1.807) is 11.3 Å². The summed E-state index contributed by atoms with van der Waals surface area (Å²) in [6.07, 6.45) is 10.6. The molecule has 0 bridgehead atoms. The van der Waals surface area contributed by atoms with Gasteiger partial charge in [0.2, 0.25) is 0 Å². The Kier molecular flexibility index (Phi) is 7.35. The highest BCUT2D eigenvalue weighted by Gasteiger charge is 2.16. The number of thiophene rings is 1. The Morgan fingerprint density at radius 1 is 1.15 bits per heavy atom. The molecular weight excluding hydrogens is 436 g/mol. The van der Waals surface area contributed by atoms with Crippen molar-refractivity contribution in [3.63, 3.8) is 0 Å². The molecule has 1 aliphatic rings.